The van der Waals surface area contributed by atoms with Crippen molar-refractivity contribution >= 4 is 15.7 Å². The van der Waals surface area contributed by atoms with E-state index in [2.05, 4.69) is 5.32 Å². The van der Waals surface area contributed by atoms with Crippen molar-refractivity contribution in [2.75, 3.05) is 18.6 Å². The third kappa shape index (κ3) is 4.97. The highest BCUT2D eigenvalue weighted by Gasteiger charge is 2.06. The number of rotatable bonds is 5. The second-order valence-corrected chi connectivity index (χ2v) is 6.19. The van der Waals surface area contributed by atoms with Gasteiger partial charge in [0, 0.05) is 18.4 Å². The van der Waals surface area contributed by atoms with E-state index in [1.165, 1.54) is 0 Å². The van der Waals surface area contributed by atoms with Crippen LogP contribution < -0.4 is 5.32 Å². The summed E-state index contributed by atoms with van der Waals surface area (Å²) in [6.07, 6.45) is 1.55. The molecule has 0 fully saturated rings. The third-order valence-electron chi connectivity index (χ3n) is 2.25. The van der Waals surface area contributed by atoms with Crippen molar-refractivity contribution < 1.29 is 13.2 Å². The molecular formula is C12H14N2O3S. The van der Waals surface area contributed by atoms with Crippen molar-refractivity contribution in [1.29, 1.82) is 5.26 Å². The fraction of sp³-hybridized carbons (Fsp3) is 0.333. The Morgan fingerprint density at radius 2 is 1.94 bits per heavy atom. The number of sulfone groups is 1. The van der Waals surface area contributed by atoms with Crippen LogP contribution in [0.25, 0.3) is 0 Å². The van der Waals surface area contributed by atoms with Gasteiger partial charge in [-0.1, -0.05) is 0 Å². The average molecular weight is 266 g/mol. The van der Waals surface area contributed by atoms with Crippen molar-refractivity contribution in [2.24, 2.45) is 0 Å². The van der Waals surface area contributed by atoms with E-state index in [0.29, 0.717) is 24.1 Å². The molecular weight excluding hydrogens is 252 g/mol. The average Bonchev–Trinajstić information content (AvgIpc) is 2.33. The van der Waals surface area contributed by atoms with Gasteiger partial charge in [0.15, 0.2) is 0 Å². The number of benzene rings is 1. The van der Waals surface area contributed by atoms with E-state index in [0.717, 1.165) is 6.26 Å². The topological polar surface area (TPSA) is 87.0 Å². The zero-order chi connectivity index (χ0) is 13.6. The molecule has 0 atom stereocenters. The Labute approximate surface area is 106 Å². The predicted molar refractivity (Wildman–Crippen MR) is 67.8 cm³/mol. The summed E-state index contributed by atoms with van der Waals surface area (Å²) in [6.45, 7) is 0.311. The number of hydrogen-bond acceptors (Lipinski definition) is 4. The van der Waals surface area contributed by atoms with Crippen LogP contribution >= 0.6 is 0 Å². The minimum Gasteiger partial charge on any atom is -0.352 e. The Balaban J connectivity index is 2.43. The zero-order valence-corrected chi connectivity index (χ0v) is 10.8. The summed E-state index contributed by atoms with van der Waals surface area (Å²) in [7, 11) is -2.98. The van der Waals surface area contributed by atoms with E-state index < -0.39 is 9.84 Å². The molecule has 0 bridgehead atoms. The van der Waals surface area contributed by atoms with Crippen LogP contribution in [0.4, 0.5) is 0 Å². The molecule has 96 valence electrons. The predicted octanol–water partition coefficient (Wildman–Crippen LogP) is 0.723. The van der Waals surface area contributed by atoms with Gasteiger partial charge in [0.05, 0.1) is 17.4 Å². The molecule has 1 aromatic rings. The van der Waals surface area contributed by atoms with Gasteiger partial charge < -0.3 is 5.32 Å². The van der Waals surface area contributed by atoms with Crippen molar-refractivity contribution in [3.8, 4) is 6.07 Å². The Morgan fingerprint density at radius 1 is 1.33 bits per heavy atom. The number of nitriles is 1. The molecule has 0 saturated carbocycles. The van der Waals surface area contributed by atoms with E-state index in [1.54, 1.807) is 24.3 Å². The summed E-state index contributed by atoms with van der Waals surface area (Å²) in [5.74, 6) is -0.214. The molecule has 0 aliphatic heterocycles. The molecule has 0 radical (unpaired) electrons. The largest absolute Gasteiger partial charge is 0.352 e. The molecule has 18 heavy (non-hydrogen) atoms. The fourth-order valence-corrected chi connectivity index (χ4v) is 2.00. The van der Waals surface area contributed by atoms with Crippen molar-refractivity contribution in [2.45, 2.75) is 6.42 Å². The minimum atomic E-state index is -2.98. The number of nitrogens with zero attached hydrogens (tertiary/aromatic N) is 1. The van der Waals surface area contributed by atoms with E-state index in [-0.39, 0.29) is 11.7 Å². The van der Waals surface area contributed by atoms with Gasteiger partial charge in [-0.3, -0.25) is 4.79 Å². The molecule has 0 heterocycles. The van der Waals surface area contributed by atoms with Gasteiger partial charge in [0.25, 0.3) is 5.91 Å². The van der Waals surface area contributed by atoms with E-state index in [9.17, 15) is 13.2 Å². The number of carbonyl (C=O) groups is 1. The molecule has 0 spiro atoms. The fourth-order valence-electron chi connectivity index (χ4n) is 1.33. The van der Waals surface area contributed by atoms with Crippen LogP contribution in [-0.4, -0.2) is 32.9 Å². The lowest BCUT2D eigenvalue weighted by Gasteiger charge is -2.04. The normalized spacial score (nSPS) is 10.7. The standard InChI is InChI=1S/C12H14N2O3S/c1-18(16,17)8-2-7-14-12(15)11-5-3-10(9-13)4-6-11/h3-6H,2,7-8H2,1H3,(H,14,15). The van der Waals surface area contributed by atoms with Crippen LogP contribution in [0.2, 0.25) is 0 Å². The van der Waals surface area contributed by atoms with E-state index in [4.69, 9.17) is 5.26 Å². The first-order valence-electron chi connectivity index (χ1n) is 5.38. The highest BCUT2D eigenvalue weighted by atomic mass is 32.2. The van der Waals surface area contributed by atoms with Gasteiger partial charge in [-0.25, -0.2) is 8.42 Å². The molecule has 0 aromatic heterocycles. The number of amides is 1. The molecule has 0 saturated heterocycles. The van der Waals surface area contributed by atoms with Crippen LogP contribution in [0.5, 0.6) is 0 Å². The smallest absolute Gasteiger partial charge is 0.251 e. The van der Waals surface area contributed by atoms with Crippen LogP contribution in [0.15, 0.2) is 24.3 Å². The van der Waals surface area contributed by atoms with Crippen LogP contribution in [0.3, 0.4) is 0 Å². The lowest BCUT2D eigenvalue weighted by molar-refractivity contribution is 0.0953. The molecule has 1 amide bonds. The lowest BCUT2D eigenvalue weighted by atomic mass is 10.1. The molecule has 0 unspecified atom stereocenters. The van der Waals surface area contributed by atoms with Crippen LogP contribution in [-0.2, 0) is 9.84 Å². The second kappa shape index (κ2) is 6.17. The van der Waals surface area contributed by atoms with Crippen LogP contribution in [0.1, 0.15) is 22.3 Å². The quantitative estimate of drug-likeness (QED) is 0.796. The van der Waals surface area contributed by atoms with Gasteiger partial charge in [0.1, 0.15) is 9.84 Å². The minimum absolute atomic E-state index is 0.0562. The lowest BCUT2D eigenvalue weighted by Crippen LogP contribution is -2.25. The maximum Gasteiger partial charge on any atom is 0.251 e. The first-order valence-corrected chi connectivity index (χ1v) is 7.44. The Bertz CT molecular complexity index is 556. The summed E-state index contributed by atoms with van der Waals surface area (Å²) in [5.41, 5.74) is 0.942. The SMILES string of the molecule is CS(=O)(=O)CCCNC(=O)c1ccc(C#N)cc1. The Hall–Kier alpha value is -1.87. The maximum atomic E-state index is 11.6. The Morgan fingerprint density at radius 3 is 2.44 bits per heavy atom. The van der Waals surface area contributed by atoms with E-state index in [1.807, 2.05) is 6.07 Å². The summed E-state index contributed by atoms with van der Waals surface area (Å²) in [5, 5.41) is 11.2. The van der Waals surface area contributed by atoms with Crippen molar-refractivity contribution in [3.63, 3.8) is 0 Å². The number of nitrogens with one attached hydrogen (secondary N) is 1. The number of hydrogen-bond donors (Lipinski definition) is 1. The first-order chi connectivity index (χ1) is 8.42. The molecule has 5 nitrogen and oxygen atoms in total. The molecule has 0 aliphatic carbocycles. The molecule has 0 aliphatic rings. The Kier molecular flexibility index (Phi) is 4.86. The monoisotopic (exact) mass is 266 g/mol. The molecule has 1 N–H and O–H groups in total. The van der Waals surface area contributed by atoms with Crippen molar-refractivity contribution in [1.82, 2.24) is 5.32 Å². The molecule has 1 aromatic carbocycles. The highest BCUT2D eigenvalue weighted by Crippen LogP contribution is 2.03. The summed E-state index contributed by atoms with van der Waals surface area (Å²) >= 11 is 0. The van der Waals surface area contributed by atoms with Gasteiger partial charge >= 0.3 is 0 Å². The zero-order valence-electron chi connectivity index (χ0n) is 10.0. The van der Waals surface area contributed by atoms with Crippen molar-refractivity contribution in [3.05, 3.63) is 35.4 Å². The molecule has 1 rings (SSSR count). The molecule has 6 heteroatoms. The van der Waals surface area contributed by atoms with Gasteiger partial charge in [0.2, 0.25) is 0 Å². The van der Waals surface area contributed by atoms with E-state index >= 15 is 0 Å². The number of carbonyl (C=O) groups excluding carboxylic acids is 1. The van der Waals surface area contributed by atoms with Crippen LogP contribution in [0, 0.1) is 11.3 Å². The summed E-state index contributed by atoms with van der Waals surface area (Å²) in [6, 6.07) is 8.21. The maximum absolute atomic E-state index is 11.6. The third-order valence-corrected chi connectivity index (χ3v) is 3.28. The first kappa shape index (κ1) is 14.2. The summed E-state index contributed by atoms with van der Waals surface area (Å²) in [4.78, 5) is 11.6. The van der Waals surface area contributed by atoms with Gasteiger partial charge in [-0.2, -0.15) is 5.26 Å². The van der Waals surface area contributed by atoms with Gasteiger partial charge in [-0.05, 0) is 30.7 Å². The summed E-state index contributed by atoms with van der Waals surface area (Å²) < 4.78 is 21.7. The van der Waals surface area contributed by atoms with Gasteiger partial charge in [-0.15, -0.1) is 0 Å². The second-order valence-electron chi connectivity index (χ2n) is 3.93. The highest BCUT2D eigenvalue weighted by molar-refractivity contribution is 7.90.